The van der Waals surface area contributed by atoms with Crippen LogP contribution >= 0.6 is 11.3 Å². The Bertz CT molecular complexity index is 1380. The van der Waals surface area contributed by atoms with E-state index in [1.54, 1.807) is 30.0 Å². The second-order valence-corrected chi connectivity index (χ2v) is 10.9. The van der Waals surface area contributed by atoms with E-state index in [-0.39, 0.29) is 30.4 Å². The van der Waals surface area contributed by atoms with Crippen LogP contribution in [0.1, 0.15) is 29.1 Å². The number of fused-ring (bicyclic) bond motifs is 1. The van der Waals surface area contributed by atoms with Gasteiger partial charge in [0, 0.05) is 50.6 Å². The van der Waals surface area contributed by atoms with Gasteiger partial charge in [0.1, 0.15) is 11.5 Å². The van der Waals surface area contributed by atoms with E-state index in [1.165, 1.54) is 23.5 Å². The van der Waals surface area contributed by atoms with Crippen LogP contribution in [0.5, 0.6) is 0 Å². The van der Waals surface area contributed by atoms with Gasteiger partial charge < -0.3 is 29.9 Å². The summed E-state index contributed by atoms with van der Waals surface area (Å²) in [4.78, 5) is 33.5. The van der Waals surface area contributed by atoms with Crippen molar-refractivity contribution in [2.75, 3.05) is 32.8 Å². The van der Waals surface area contributed by atoms with Crippen LogP contribution in [0.2, 0.25) is 0 Å². The number of aliphatic hydroxyl groups excluding tert-OH is 1. The quantitative estimate of drug-likeness (QED) is 0.477. The third-order valence-electron chi connectivity index (χ3n) is 7.53. The van der Waals surface area contributed by atoms with Crippen LogP contribution in [0.25, 0.3) is 0 Å². The lowest BCUT2D eigenvalue weighted by Gasteiger charge is -2.52. The minimum atomic E-state index is -1.45. The Labute approximate surface area is 237 Å². The van der Waals surface area contributed by atoms with Crippen LogP contribution < -0.4 is 5.32 Å². The van der Waals surface area contributed by atoms with Crippen molar-refractivity contribution in [2.24, 2.45) is 0 Å². The zero-order valence-corrected chi connectivity index (χ0v) is 23.4. The standard InChI is InChI=1S/C30H33FN4O4S/c1-4-22-12-13-23-26(33-14-16-34(17-15-33)27(36)24-7-6-18-40-24)25(29(38)39-5-2)28(37)35(30(23,3)32-22)19-20-8-10-21(31)11-9-20/h4,6-13,18,29,32,38H,1,5,14-17,19H2,2-3H3. The normalized spacial score (nSPS) is 21.9. The zero-order valence-electron chi connectivity index (χ0n) is 22.6. The summed E-state index contributed by atoms with van der Waals surface area (Å²) in [5.74, 6) is -0.764. The van der Waals surface area contributed by atoms with E-state index < -0.39 is 17.9 Å². The van der Waals surface area contributed by atoms with Gasteiger partial charge in [0.05, 0.1) is 16.1 Å². The van der Waals surface area contributed by atoms with E-state index in [0.29, 0.717) is 36.8 Å². The first kappa shape index (κ1) is 27.8. The van der Waals surface area contributed by atoms with Gasteiger partial charge in [-0.15, -0.1) is 11.3 Å². The van der Waals surface area contributed by atoms with E-state index in [2.05, 4.69) is 16.8 Å². The number of thiophene rings is 1. The number of allylic oxidation sites excluding steroid dienone is 3. The Morgan fingerprint density at radius 3 is 2.58 bits per heavy atom. The van der Waals surface area contributed by atoms with Gasteiger partial charge in [-0.3, -0.25) is 9.59 Å². The number of carbonyl (C=O) groups excluding carboxylic acids is 2. The van der Waals surface area contributed by atoms with E-state index in [1.807, 2.05) is 41.5 Å². The number of hydrogen-bond donors (Lipinski definition) is 2. The van der Waals surface area contributed by atoms with E-state index in [9.17, 15) is 19.1 Å². The molecule has 2 atom stereocenters. The van der Waals surface area contributed by atoms with E-state index in [4.69, 9.17) is 4.74 Å². The van der Waals surface area contributed by atoms with Crippen LogP contribution in [-0.4, -0.2) is 76.4 Å². The highest BCUT2D eigenvalue weighted by atomic mass is 32.1. The minimum Gasteiger partial charge on any atom is -0.367 e. The maximum Gasteiger partial charge on any atom is 0.264 e. The predicted molar refractivity (Wildman–Crippen MR) is 151 cm³/mol. The molecular weight excluding hydrogens is 531 g/mol. The first-order valence-corrected chi connectivity index (χ1v) is 14.2. The van der Waals surface area contributed by atoms with Gasteiger partial charge >= 0.3 is 0 Å². The van der Waals surface area contributed by atoms with Crippen molar-refractivity contribution >= 4 is 23.2 Å². The largest absolute Gasteiger partial charge is 0.367 e. The highest BCUT2D eigenvalue weighted by Gasteiger charge is 2.50. The lowest BCUT2D eigenvalue weighted by atomic mass is 9.83. The van der Waals surface area contributed by atoms with Crippen molar-refractivity contribution in [1.29, 1.82) is 0 Å². The zero-order chi connectivity index (χ0) is 28.4. The van der Waals surface area contributed by atoms with Crippen molar-refractivity contribution in [3.8, 4) is 0 Å². The van der Waals surface area contributed by atoms with Gasteiger partial charge in [-0.25, -0.2) is 4.39 Å². The second-order valence-electron chi connectivity index (χ2n) is 9.95. The number of ether oxygens (including phenoxy) is 1. The molecule has 2 unspecified atom stereocenters. The summed E-state index contributed by atoms with van der Waals surface area (Å²) < 4.78 is 19.2. The number of nitrogens with one attached hydrogen (secondary N) is 1. The first-order valence-electron chi connectivity index (χ1n) is 13.3. The third-order valence-corrected chi connectivity index (χ3v) is 8.39. The average Bonchev–Trinajstić information content (AvgIpc) is 3.50. The lowest BCUT2D eigenvalue weighted by molar-refractivity contribution is -0.142. The molecule has 3 aliphatic rings. The molecule has 210 valence electrons. The Morgan fingerprint density at radius 1 is 1.23 bits per heavy atom. The number of rotatable bonds is 8. The summed E-state index contributed by atoms with van der Waals surface area (Å²) in [6.07, 6.45) is 4.05. The molecule has 1 aromatic carbocycles. The van der Waals surface area contributed by atoms with E-state index >= 15 is 0 Å². The van der Waals surface area contributed by atoms with Gasteiger partial charge in [-0.2, -0.15) is 0 Å². The SMILES string of the molecule is C=CC1=CC=C2C(N3CCN(C(=O)c4cccs4)CC3)=C(C(O)OCC)C(=O)N(Cc3ccc(F)cc3)C2(C)N1. The molecule has 10 heteroatoms. The van der Waals surface area contributed by atoms with Gasteiger partial charge in [-0.05, 0) is 55.1 Å². The smallest absolute Gasteiger partial charge is 0.264 e. The molecule has 8 nitrogen and oxygen atoms in total. The van der Waals surface area contributed by atoms with Crippen molar-refractivity contribution < 1.29 is 23.8 Å². The number of aliphatic hydroxyl groups is 1. The number of dihydropyridines is 1. The first-order chi connectivity index (χ1) is 19.3. The molecule has 40 heavy (non-hydrogen) atoms. The average molecular weight is 565 g/mol. The molecule has 0 bridgehead atoms. The Kier molecular flexibility index (Phi) is 7.93. The predicted octanol–water partition coefficient (Wildman–Crippen LogP) is 3.61. The number of halogens is 1. The van der Waals surface area contributed by atoms with Gasteiger partial charge in [0.2, 0.25) is 0 Å². The maximum atomic E-state index is 14.3. The van der Waals surface area contributed by atoms with Crippen LogP contribution in [0.3, 0.4) is 0 Å². The molecular formula is C30H33FN4O4S. The fraction of sp³-hybridized carbons (Fsp3) is 0.333. The van der Waals surface area contributed by atoms with Crippen molar-refractivity contribution in [3.63, 3.8) is 0 Å². The highest BCUT2D eigenvalue weighted by Crippen LogP contribution is 2.42. The van der Waals surface area contributed by atoms with Gasteiger partial charge in [-0.1, -0.05) is 30.9 Å². The molecule has 2 N–H and O–H groups in total. The molecule has 2 aromatic rings. The molecule has 1 saturated heterocycles. The fourth-order valence-electron chi connectivity index (χ4n) is 5.46. The number of hydrogen-bond acceptors (Lipinski definition) is 7. The molecule has 1 aromatic heterocycles. The number of piperazine rings is 1. The summed E-state index contributed by atoms with van der Waals surface area (Å²) in [5.41, 5.74) is 2.00. The van der Waals surface area contributed by atoms with Crippen LogP contribution in [0.4, 0.5) is 4.39 Å². The lowest BCUT2D eigenvalue weighted by Crippen LogP contribution is -2.65. The molecule has 0 aliphatic carbocycles. The summed E-state index contributed by atoms with van der Waals surface area (Å²) in [7, 11) is 0. The fourth-order valence-corrected chi connectivity index (χ4v) is 6.15. The second kappa shape index (κ2) is 11.4. The van der Waals surface area contributed by atoms with Crippen molar-refractivity contribution in [2.45, 2.75) is 32.3 Å². The Hall–Kier alpha value is -3.73. The number of nitrogens with zero attached hydrogens (tertiary/aromatic N) is 3. The number of carbonyl (C=O) groups is 2. The highest BCUT2D eigenvalue weighted by molar-refractivity contribution is 7.12. The molecule has 1 fully saturated rings. The molecule has 5 rings (SSSR count). The van der Waals surface area contributed by atoms with Gasteiger partial charge in [0.25, 0.3) is 11.8 Å². The molecule has 2 amide bonds. The summed E-state index contributed by atoms with van der Waals surface area (Å²) in [5, 5.41) is 16.5. The number of amides is 2. The van der Waals surface area contributed by atoms with Crippen LogP contribution in [0.15, 0.2) is 89.1 Å². The maximum absolute atomic E-state index is 14.3. The topological polar surface area (TPSA) is 85.4 Å². The monoisotopic (exact) mass is 564 g/mol. The van der Waals surface area contributed by atoms with Crippen LogP contribution in [0, 0.1) is 5.82 Å². The molecule has 0 spiro atoms. The molecule has 0 saturated carbocycles. The Morgan fingerprint density at radius 2 is 1.95 bits per heavy atom. The summed E-state index contributed by atoms with van der Waals surface area (Å²) in [6.45, 7) is 9.83. The minimum absolute atomic E-state index is 0.00894. The summed E-state index contributed by atoms with van der Waals surface area (Å²) in [6, 6.07) is 9.69. The molecule has 0 radical (unpaired) electrons. The van der Waals surface area contributed by atoms with E-state index in [0.717, 1.165) is 16.8 Å². The van der Waals surface area contributed by atoms with Crippen molar-refractivity contribution in [1.82, 2.24) is 20.0 Å². The molecule has 3 aliphatic heterocycles. The third kappa shape index (κ3) is 5.10. The number of benzene rings is 1. The molecule has 4 heterocycles. The van der Waals surface area contributed by atoms with Crippen LogP contribution in [-0.2, 0) is 16.1 Å². The summed E-state index contributed by atoms with van der Waals surface area (Å²) >= 11 is 1.42. The van der Waals surface area contributed by atoms with Crippen molar-refractivity contribution in [3.05, 3.63) is 105 Å². The van der Waals surface area contributed by atoms with Gasteiger partial charge in [0.15, 0.2) is 6.29 Å². The Balaban J connectivity index is 1.55.